The lowest BCUT2D eigenvalue weighted by Crippen LogP contribution is -2.25. The molecule has 5 nitrogen and oxygen atoms in total. The van der Waals surface area contributed by atoms with Crippen molar-refractivity contribution in [1.82, 2.24) is 14.7 Å². The molecule has 0 saturated carbocycles. The highest BCUT2D eigenvalue weighted by atomic mass is 79.9. The van der Waals surface area contributed by atoms with E-state index in [2.05, 4.69) is 26.2 Å². The molecule has 0 spiro atoms. The molecule has 0 fully saturated rings. The van der Waals surface area contributed by atoms with Crippen LogP contribution in [0.2, 0.25) is 5.02 Å². The van der Waals surface area contributed by atoms with E-state index in [1.165, 1.54) is 4.40 Å². The third-order valence-electron chi connectivity index (χ3n) is 4.24. The number of halogens is 2. The topological polar surface area (TPSA) is 63.5 Å². The number of hydrogen-bond acceptors (Lipinski definition) is 3. The maximum atomic E-state index is 12.8. The number of carbonyl (C=O) groups is 1. The Labute approximate surface area is 167 Å². The van der Waals surface area contributed by atoms with Gasteiger partial charge in [-0.2, -0.15) is 0 Å². The van der Waals surface area contributed by atoms with Gasteiger partial charge in [-0.25, -0.2) is 4.98 Å². The lowest BCUT2D eigenvalue weighted by Gasteiger charge is -2.10. The molecule has 2 aromatic heterocycles. The molecule has 2 heterocycles. The van der Waals surface area contributed by atoms with Crippen molar-refractivity contribution < 1.29 is 4.79 Å². The zero-order valence-corrected chi connectivity index (χ0v) is 16.3. The molecular weight excluding hydrogens is 430 g/mol. The molecule has 1 amide bonds. The second-order valence-corrected chi connectivity index (χ2v) is 7.29. The Morgan fingerprint density at radius 2 is 1.96 bits per heavy atom. The van der Waals surface area contributed by atoms with E-state index in [0.717, 1.165) is 10.0 Å². The molecule has 4 aromatic rings. The maximum Gasteiger partial charge on any atom is 0.265 e. The van der Waals surface area contributed by atoms with E-state index in [1.807, 2.05) is 24.3 Å². The predicted octanol–water partition coefficient (Wildman–Crippen LogP) is 4.19. The summed E-state index contributed by atoms with van der Waals surface area (Å²) in [4.78, 5) is 30.0. The summed E-state index contributed by atoms with van der Waals surface area (Å²) in [6.45, 7) is 0.282. The minimum atomic E-state index is -0.323. The highest BCUT2D eigenvalue weighted by molar-refractivity contribution is 9.10. The number of nitrogens with one attached hydrogen (secondary N) is 1. The highest BCUT2D eigenvalue weighted by Gasteiger charge is 2.14. The first-order valence-corrected chi connectivity index (χ1v) is 9.34. The molecule has 0 radical (unpaired) electrons. The van der Waals surface area contributed by atoms with E-state index >= 15 is 0 Å². The fourth-order valence-corrected chi connectivity index (χ4v) is 3.45. The average molecular weight is 443 g/mol. The van der Waals surface area contributed by atoms with Crippen molar-refractivity contribution in [2.75, 3.05) is 0 Å². The molecule has 0 aliphatic rings. The Hall–Kier alpha value is -2.70. The van der Waals surface area contributed by atoms with Crippen LogP contribution in [0.1, 0.15) is 15.9 Å². The van der Waals surface area contributed by atoms with Gasteiger partial charge in [-0.1, -0.05) is 45.7 Å². The van der Waals surface area contributed by atoms with Crippen molar-refractivity contribution >= 4 is 50.0 Å². The van der Waals surface area contributed by atoms with Crippen molar-refractivity contribution in [1.29, 1.82) is 0 Å². The van der Waals surface area contributed by atoms with Crippen LogP contribution in [0.4, 0.5) is 0 Å². The fourth-order valence-electron chi connectivity index (χ4n) is 2.89. The number of rotatable bonds is 3. The van der Waals surface area contributed by atoms with Crippen LogP contribution in [-0.4, -0.2) is 15.3 Å². The van der Waals surface area contributed by atoms with E-state index in [4.69, 9.17) is 11.6 Å². The first-order valence-electron chi connectivity index (χ1n) is 8.17. The second kappa shape index (κ2) is 7.13. The largest absolute Gasteiger partial charge is 0.348 e. The molecule has 2 aromatic carbocycles. The number of carbonyl (C=O) groups excluding carboxylic acids is 1. The van der Waals surface area contributed by atoms with Gasteiger partial charge in [0.25, 0.3) is 11.5 Å². The fraction of sp³-hybridized carbons (Fsp3) is 0.0500. The zero-order chi connectivity index (χ0) is 19.0. The van der Waals surface area contributed by atoms with Gasteiger partial charge in [-0.15, -0.1) is 0 Å². The lowest BCUT2D eigenvalue weighted by molar-refractivity contribution is 0.0952. The molecular formula is C20H13BrClN3O2. The van der Waals surface area contributed by atoms with Gasteiger partial charge in [0, 0.05) is 22.2 Å². The van der Waals surface area contributed by atoms with Gasteiger partial charge in [-0.3, -0.25) is 14.0 Å². The van der Waals surface area contributed by atoms with E-state index in [-0.39, 0.29) is 18.0 Å². The monoisotopic (exact) mass is 441 g/mol. The molecule has 27 heavy (non-hydrogen) atoms. The minimum Gasteiger partial charge on any atom is -0.348 e. The second-order valence-electron chi connectivity index (χ2n) is 5.97. The summed E-state index contributed by atoms with van der Waals surface area (Å²) in [7, 11) is 0. The molecule has 0 bridgehead atoms. The molecule has 1 N–H and O–H groups in total. The van der Waals surface area contributed by atoms with Crippen LogP contribution < -0.4 is 10.9 Å². The van der Waals surface area contributed by atoms with Gasteiger partial charge in [0.15, 0.2) is 5.65 Å². The van der Waals surface area contributed by atoms with Crippen LogP contribution in [0, 0.1) is 0 Å². The molecule has 134 valence electrons. The Morgan fingerprint density at radius 3 is 2.78 bits per heavy atom. The number of fused-ring (bicyclic) bond motifs is 2. The quantitative estimate of drug-likeness (QED) is 0.484. The minimum absolute atomic E-state index is 0.225. The van der Waals surface area contributed by atoms with Gasteiger partial charge in [0.1, 0.15) is 0 Å². The van der Waals surface area contributed by atoms with Crippen LogP contribution >= 0.6 is 27.5 Å². The van der Waals surface area contributed by atoms with Gasteiger partial charge < -0.3 is 5.32 Å². The first kappa shape index (κ1) is 17.7. The zero-order valence-electron chi connectivity index (χ0n) is 13.9. The van der Waals surface area contributed by atoms with Gasteiger partial charge in [-0.05, 0) is 42.0 Å². The lowest BCUT2D eigenvalue weighted by atomic mass is 10.2. The summed E-state index contributed by atoms with van der Waals surface area (Å²) in [6, 6.07) is 15.9. The molecule has 0 unspecified atom stereocenters. The normalized spacial score (nSPS) is 11.0. The number of nitrogens with zero attached hydrogens (tertiary/aromatic N) is 2. The molecule has 0 aliphatic heterocycles. The van der Waals surface area contributed by atoms with Crippen molar-refractivity contribution in [3.63, 3.8) is 0 Å². The number of benzene rings is 2. The van der Waals surface area contributed by atoms with Crippen molar-refractivity contribution in [3.05, 3.63) is 91.8 Å². The van der Waals surface area contributed by atoms with Crippen molar-refractivity contribution in [2.24, 2.45) is 0 Å². The van der Waals surface area contributed by atoms with E-state index in [1.54, 1.807) is 36.5 Å². The Balaban J connectivity index is 1.76. The number of hydrogen-bond donors (Lipinski definition) is 1. The molecule has 0 saturated heterocycles. The summed E-state index contributed by atoms with van der Waals surface area (Å²) < 4.78 is 2.18. The Bertz CT molecular complexity index is 1250. The summed E-state index contributed by atoms with van der Waals surface area (Å²) in [5.74, 6) is -0.323. The first-order chi connectivity index (χ1) is 13.0. The van der Waals surface area contributed by atoms with Crippen LogP contribution in [0.25, 0.3) is 16.6 Å². The Kier molecular flexibility index (Phi) is 4.68. The number of pyridine rings is 1. The van der Waals surface area contributed by atoms with Crippen LogP contribution in [0.3, 0.4) is 0 Å². The van der Waals surface area contributed by atoms with Gasteiger partial charge in [0.05, 0.1) is 16.5 Å². The van der Waals surface area contributed by atoms with E-state index in [0.29, 0.717) is 27.1 Å². The third kappa shape index (κ3) is 3.34. The van der Waals surface area contributed by atoms with E-state index < -0.39 is 0 Å². The van der Waals surface area contributed by atoms with Crippen LogP contribution in [0.15, 0.2) is 70.1 Å². The standard InChI is InChI=1S/C20H13BrClN3O2/c21-13-7-8-17-15(10-13)20(27)25-9-3-5-14(18(25)24-17)19(26)23-11-12-4-1-2-6-16(12)22/h1-10H,11H2,(H,23,26). The molecule has 0 aliphatic carbocycles. The maximum absolute atomic E-state index is 12.8. The molecule has 4 rings (SSSR count). The average Bonchev–Trinajstić information content (AvgIpc) is 2.67. The highest BCUT2D eigenvalue weighted by Crippen LogP contribution is 2.18. The van der Waals surface area contributed by atoms with Gasteiger partial charge in [0.2, 0.25) is 0 Å². The summed E-state index contributed by atoms with van der Waals surface area (Å²) in [5, 5.41) is 3.91. The van der Waals surface area contributed by atoms with Crippen LogP contribution in [0.5, 0.6) is 0 Å². The predicted molar refractivity (Wildman–Crippen MR) is 109 cm³/mol. The molecule has 7 heteroatoms. The van der Waals surface area contributed by atoms with Crippen molar-refractivity contribution in [2.45, 2.75) is 6.54 Å². The van der Waals surface area contributed by atoms with E-state index in [9.17, 15) is 9.59 Å². The summed E-state index contributed by atoms with van der Waals surface area (Å²) in [6.07, 6.45) is 1.61. The van der Waals surface area contributed by atoms with Gasteiger partial charge >= 0.3 is 0 Å². The summed E-state index contributed by atoms with van der Waals surface area (Å²) in [5.41, 5.74) is 1.76. The number of aromatic nitrogens is 2. The molecule has 0 atom stereocenters. The smallest absolute Gasteiger partial charge is 0.265 e. The van der Waals surface area contributed by atoms with Crippen molar-refractivity contribution in [3.8, 4) is 0 Å². The third-order valence-corrected chi connectivity index (χ3v) is 5.11. The Morgan fingerprint density at radius 1 is 1.15 bits per heavy atom. The SMILES string of the molecule is O=C(NCc1ccccc1Cl)c1cccn2c(=O)c3cc(Br)ccc3nc12. The number of amides is 1. The summed E-state index contributed by atoms with van der Waals surface area (Å²) >= 11 is 9.50. The van der Waals surface area contributed by atoms with Crippen LogP contribution in [-0.2, 0) is 6.54 Å².